The van der Waals surface area contributed by atoms with Crippen LogP contribution in [0.3, 0.4) is 0 Å². The van der Waals surface area contributed by atoms with Crippen LogP contribution in [0.25, 0.3) is 0 Å². The number of hydrogen-bond donors (Lipinski definition) is 2. The third-order valence-electron chi connectivity index (χ3n) is 5.61. The lowest BCUT2D eigenvalue weighted by molar-refractivity contribution is 0.0945. The standard InChI is InChI=1S/C27H31N3O8/c1-33-20-9-16(10-21(34-2)24(20)37-5)14-29-26(31)18-7-8-28-19(13-18)27(32)30-15-17-11-22(35-3)25(38-6)23(12-17)36-4/h7-13H,14-15H2,1-6H3,(H,29,31)(H,30,32). The summed E-state index contributed by atoms with van der Waals surface area (Å²) in [7, 11) is 9.10. The summed E-state index contributed by atoms with van der Waals surface area (Å²) in [6, 6.07) is 9.92. The highest BCUT2D eigenvalue weighted by Crippen LogP contribution is 2.39. The van der Waals surface area contributed by atoms with Crippen LogP contribution in [0.4, 0.5) is 0 Å². The van der Waals surface area contributed by atoms with Gasteiger partial charge in [-0.2, -0.15) is 0 Å². The van der Waals surface area contributed by atoms with Crippen LogP contribution < -0.4 is 39.1 Å². The Morgan fingerprint density at radius 2 is 1.05 bits per heavy atom. The molecule has 0 radical (unpaired) electrons. The Kier molecular flexibility index (Phi) is 9.58. The first kappa shape index (κ1) is 27.9. The number of ether oxygens (including phenoxy) is 6. The van der Waals surface area contributed by atoms with Gasteiger partial charge in [0.15, 0.2) is 23.0 Å². The quantitative estimate of drug-likeness (QED) is 0.367. The van der Waals surface area contributed by atoms with Crippen LogP contribution in [0, 0.1) is 0 Å². The molecule has 2 aromatic carbocycles. The molecule has 2 N–H and O–H groups in total. The zero-order chi connectivity index (χ0) is 27.7. The monoisotopic (exact) mass is 525 g/mol. The van der Waals surface area contributed by atoms with E-state index in [1.807, 2.05) is 0 Å². The maximum Gasteiger partial charge on any atom is 0.270 e. The maximum absolute atomic E-state index is 12.8. The van der Waals surface area contributed by atoms with Gasteiger partial charge in [0, 0.05) is 24.8 Å². The van der Waals surface area contributed by atoms with Crippen molar-refractivity contribution in [3.63, 3.8) is 0 Å². The van der Waals surface area contributed by atoms with E-state index in [9.17, 15) is 9.59 Å². The zero-order valence-electron chi connectivity index (χ0n) is 22.2. The second kappa shape index (κ2) is 13.0. The predicted molar refractivity (Wildman–Crippen MR) is 139 cm³/mol. The second-order valence-corrected chi connectivity index (χ2v) is 7.86. The largest absolute Gasteiger partial charge is 0.493 e. The zero-order valence-corrected chi connectivity index (χ0v) is 22.2. The molecule has 0 bridgehead atoms. The fourth-order valence-electron chi connectivity index (χ4n) is 3.73. The molecule has 0 aliphatic rings. The first-order chi connectivity index (χ1) is 18.4. The number of carbonyl (C=O) groups is 2. The molecule has 0 spiro atoms. The molecule has 3 aromatic rings. The van der Waals surface area contributed by atoms with Crippen molar-refractivity contribution in [1.82, 2.24) is 15.6 Å². The lowest BCUT2D eigenvalue weighted by atomic mass is 10.1. The van der Waals surface area contributed by atoms with Gasteiger partial charge in [-0.25, -0.2) is 0 Å². The number of amides is 2. The molecule has 38 heavy (non-hydrogen) atoms. The third-order valence-corrected chi connectivity index (χ3v) is 5.61. The first-order valence-electron chi connectivity index (χ1n) is 11.5. The summed E-state index contributed by atoms with van der Waals surface area (Å²) in [5, 5.41) is 5.62. The van der Waals surface area contributed by atoms with Gasteiger partial charge in [-0.05, 0) is 47.5 Å². The van der Waals surface area contributed by atoms with Crippen LogP contribution >= 0.6 is 0 Å². The smallest absolute Gasteiger partial charge is 0.270 e. The van der Waals surface area contributed by atoms with E-state index in [1.54, 1.807) is 24.3 Å². The number of rotatable bonds is 12. The fraction of sp³-hybridized carbons (Fsp3) is 0.296. The fourth-order valence-corrected chi connectivity index (χ4v) is 3.73. The predicted octanol–water partition coefficient (Wildman–Crippen LogP) is 2.99. The number of pyridine rings is 1. The average molecular weight is 526 g/mol. The van der Waals surface area contributed by atoms with Gasteiger partial charge in [0.05, 0.1) is 42.7 Å². The van der Waals surface area contributed by atoms with Crippen LogP contribution in [0.15, 0.2) is 42.6 Å². The molecule has 0 fully saturated rings. The summed E-state index contributed by atoms with van der Waals surface area (Å²) >= 11 is 0. The van der Waals surface area contributed by atoms with Crippen LogP contribution in [0.5, 0.6) is 34.5 Å². The molecular formula is C27H31N3O8. The summed E-state index contributed by atoms with van der Waals surface area (Å²) in [6.07, 6.45) is 1.41. The van der Waals surface area contributed by atoms with Gasteiger partial charge < -0.3 is 39.1 Å². The van der Waals surface area contributed by atoms with Gasteiger partial charge in [-0.15, -0.1) is 0 Å². The number of benzene rings is 2. The second-order valence-electron chi connectivity index (χ2n) is 7.86. The van der Waals surface area contributed by atoms with E-state index in [4.69, 9.17) is 28.4 Å². The molecule has 11 nitrogen and oxygen atoms in total. The number of hydrogen-bond acceptors (Lipinski definition) is 9. The van der Waals surface area contributed by atoms with Crippen molar-refractivity contribution in [1.29, 1.82) is 0 Å². The molecule has 202 valence electrons. The van der Waals surface area contributed by atoms with E-state index >= 15 is 0 Å². The average Bonchev–Trinajstić information content (AvgIpc) is 2.97. The molecule has 0 unspecified atom stereocenters. The van der Waals surface area contributed by atoms with E-state index in [2.05, 4.69) is 15.6 Å². The molecule has 0 aliphatic heterocycles. The molecular weight excluding hydrogens is 494 g/mol. The highest BCUT2D eigenvalue weighted by atomic mass is 16.5. The van der Waals surface area contributed by atoms with E-state index in [1.165, 1.54) is 61.0 Å². The van der Waals surface area contributed by atoms with Crippen LogP contribution in [0.1, 0.15) is 32.0 Å². The summed E-state index contributed by atoms with van der Waals surface area (Å²) in [4.78, 5) is 29.7. The summed E-state index contributed by atoms with van der Waals surface area (Å²) in [5.41, 5.74) is 1.85. The van der Waals surface area contributed by atoms with E-state index in [0.717, 1.165) is 11.1 Å². The lowest BCUT2D eigenvalue weighted by Gasteiger charge is -2.15. The summed E-state index contributed by atoms with van der Waals surface area (Å²) in [5.74, 6) is 1.99. The summed E-state index contributed by atoms with van der Waals surface area (Å²) in [6.45, 7) is 0.370. The minimum atomic E-state index is -0.446. The number of aromatic nitrogens is 1. The Morgan fingerprint density at radius 3 is 1.45 bits per heavy atom. The van der Waals surface area contributed by atoms with Crippen LogP contribution in [0.2, 0.25) is 0 Å². The highest BCUT2D eigenvalue weighted by molar-refractivity contribution is 5.98. The molecule has 11 heteroatoms. The van der Waals surface area contributed by atoms with Crippen molar-refractivity contribution < 1.29 is 38.0 Å². The summed E-state index contributed by atoms with van der Waals surface area (Å²) < 4.78 is 32.1. The molecule has 0 saturated carbocycles. The van der Waals surface area contributed by atoms with Crippen molar-refractivity contribution in [3.05, 3.63) is 65.0 Å². The van der Waals surface area contributed by atoms with Gasteiger partial charge >= 0.3 is 0 Å². The van der Waals surface area contributed by atoms with Crippen molar-refractivity contribution in [3.8, 4) is 34.5 Å². The highest BCUT2D eigenvalue weighted by Gasteiger charge is 2.17. The molecule has 0 saturated heterocycles. The van der Waals surface area contributed by atoms with E-state index in [0.29, 0.717) is 34.5 Å². The van der Waals surface area contributed by atoms with Crippen LogP contribution in [-0.4, -0.2) is 59.5 Å². The Bertz CT molecular complexity index is 1150. The molecule has 0 atom stereocenters. The van der Waals surface area contributed by atoms with Crippen molar-refractivity contribution in [2.45, 2.75) is 13.1 Å². The molecule has 1 heterocycles. The van der Waals surface area contributed by atoms with E-state index < -0.39 is 5.91 Å². The Hall–Kier alpha value is -4.67. The van der Waals surface area contributed by atoms with Gasteiger partial charge in [0.1, 0.15) is 5.69 Å². The number of methoxy groups -OCH3 is 6. The Balaban J connectivity index is 1.68. The molecule has 2 amide bonds. The maximum atomic E-state index is 12.8. The van der Waals surface area contributed by atoms with Crippen molar-refractivity contribution in [2.75, 3.05) is 42.7 Å². The number of nitrogens with one attached hydrogen (secondary N) is 2. The van der Waals surface area contributed by atoms with Gasteiger partial charge in [0.2, 0.25) is 11.5 Å². The Labute approximate surface area is 221 Å². The van der Waals surface area contributed by atoms with Crippen molar-refractivity contribution in [2.24, 2.45) is 0 Å². The normalized spacial score (nSPS) is 10.3. The lowest BCUT2D eigenvalue weighted by Crippen LogP contribution is -2.26. The molecule has 1 aromatic heterocycles. The topological polar surface area (TPSA) is 126 Å². The molecule has 0 aliphatic carbocycles. The minimum Gasteiger partial charge on any atom is -0.493 e. The van der Waals surface area contributed by atoms with Gasteiger partial charge in [0.25, 0.3) is 11.8 Å². The SMILES string of the molecule is COc1cc(CNC(=O)c2ccnc(C(=O)NCc3cc(OC)c(OC)c(OC)c3)c2)cc(OC)c1OC. The van der Waals surface area contributed by atoms with Gasteiger partial charge in [-0.3, -0.25) is 14.6 Å². The molecule has 3 rings (SSSR count). The number of nitrogens with zero attached hydrogens (tertiary/aromatic N) is 1. The van der Waals surface area contributed by atoms with Crippen molar-refractivity contribution >= 4 is 11.8 Å². The number of carbonyl (C=O) groups excluding carboxylic acids is 2. The third kappa shape index (κ3) is 6.36. The minimum absolute atomic E-state index is 0.0953. The Morgan fingerprint density at radius 1 is 0.632 bits per heavy atom. The van der Waals surface area contributed by atoms with Crippen LogP contribution in [-0.2, 0) is 13.1 Å². The van der Waals surface area contributed by atoms with Gasteiger partial charge in [-0.1, -0.05) is 0 Å². The van der Waals surface area contributed by atoms with E-state index in [-0.39, 0.29) is 30.3 Å². The first-order valence-corrected chi connectivity index (χ1v) is 11.5.